The zero-order valence-electron chi connectivity index (χ0n) is 17.9. The summed E-state index contributed by atoms with van der Waals surface area (Å²) in [6.45, 7) is 0. The highest BCUT2D eigenvalue weighted by molar-refractivity contribution is 5.96. The Morgan fingerprint density at radius 2 is 1.19 bits per heavy atom. The fourth-order valence-electron chi connectivity index (χ4n) is 4.75. The summed E-state index contributed by atoms with van der Waals surface area (Å²) in [5.74, 6) is 0.861. The molecule has 0 bridgehead atoms. The van der Waals surface area contributed by atoms with Crippen molar-refractivity contribution in [3.05, 3.63) is 97.1 Å². The van der Waals surface area contributed by atoms with Gasteiger partial charge in [0.05, 0.1) is 17.9 Å². The van der Waals surface area contributed by atoms with E-state index in [1.165, 1.54) is 0 Å². The SMILES string of the molecule is COc1cccc2c1cc1ccccc1[n+]2-c1cccc2c1cc1ccccc1[n+]2OC. The maximum Gasteiger partial charge on any atom is 0.272 e. The number of para-hydroxylation sites is 2. The van der Waals surface area contributed by atoms with Crippen molar-refractivity contribution < 1.29 is 18.9 Å². The highest BCUT2D eigenvalue weighted by Gasteiger charge is 2.26. The van der Waals surface area contributed by atoms with Gasteiger partial charge in [-0.05, 0) is 36.4 Å². The molecule has 0 amide bonds. The fourth-order valence-corrected chi connectivity index (χ4v) is 4.75. The summed E-state index contributed by atoms with van der Waals surface area (Å²) in [5, 5.41) is 4.46. The van der Waals surface area contributed by atoms with Crippen LogP contribution < -0.4 is 18.9 Å². The molecule has 0 aliphatic carbocycles. The van der Waals surface area contributed by atoms with Crippen molar-refractivity contribution in [3.8, 4) is 11.4 Å². The van der Waals surface area contributed by atoms with Gasteiger partial charge in [0.1, 0.15) is 18.2 Å². The van der Waals surface area contributed by atoms with E-state index in [1.807, 2.05) is 22.9 Å². The maximum absolute atomic E-state index is 5.83. The Bertz CT molecular complexity index is 1660. The predicted octanol–water partition coefficient (Wildman–Crippen LogP) is 4.93. The molecule has 0 saturated heterocycles. The number of aromatic nitrogens is 2. The lowest BCUT2D eigenvalue weighted by Crippen LogP contribution is -2.42. The fraction of sp³-hybridized carbons (Fsp3) is 0.0714. The predicted molar refractivity (Wildman–Crippen MR) is 127 cm³/mol. The number of benzene rings is 4. The van der Waals surface area contributed by atoms with E-state index in [9.17, 15) is 0 Å². The topological polar surface area (TPSA) is 26.2 Å². The summed E-state index contributed by atoms with van der Waals surface area (Å²) < 4.78 is 9.94. The molecule has 0 spiro atoms. The third-order valence-electron chi connectivity index (χ3n) is 6.14. The van der Waals surface area contributed by atoms with Crippen LogP contribution in [-0.2, 0) is 0 Å². The molecule has 4 aromatic carbocycles. The molecule has 0 radical (unpaired) electrons. The quantitative estimate of drug-likeness (QED) is 0.301. The van der Waals surface area contributed by atoms with Crippen LogP contribution in [0, 0.1) is 0 Å². The number of hydrogen-bond acceptors (Lipinski definition) is 2. The van der Waals surface area contributed by atoms with Crippen LogP contribution in [0.15, 0.2) is 97.1 Å². The van der Waals surface area contributed by atoms with Crippen LogP contribution in [0.3, 0.4) is 0 Å². The van der Waals surface area contributed by atoms with Gasteiger partial charge in [-0.1, -0.05) is 30.3 Å². The number of ether oxygens (including phenoxy) is 1. The second-order valence-electron chi connectivity index (χ2n) is 7.82. The van der Waals surface area contributed by atoms with Crippen LogP contribution in [0.4, 0.5) is 0 Å². The van der Waals surface area contributed by atoms with E-state index in [2.05, 4.69) is 83.4 Å². The third kappa shape index (κ3) is 2.63. The average Bonchev–Trinajstić information content (AvgIpc) is 2.85. The normalized spacial score (nSPS) is 11.4. The lowest BCUT2D eigenvalue weighted by molar-refractivity contribution is -0.844. The minimum absolute atomic E-state index is 0.861. The average molecular weight is 418 g/mol. The molecule has 2 aromatic heterocycles. The second kappa shape index (κ2) is 7.20. The molecular weight excluding hydrogens is 396 g/mol. The van der Waals surface area contributed by atoms with Crippen LogP contribution in [0.5, 0.6) is 5.75 Å². The first-order valence-electron chi connectivity index (χ1n) is 10.6. The molecule has 6 aromatic rings. The molecule has 0 fully saturated rings. The second-order valence-corrected chi connectivity index (χ2v) is 7.82. The number of rotatable bonds is 3. The zero-order chi connectivity index (χ0) is 21.7. The van der Waals surface area contributed by atoms with E-state index in [0.717, 1.165) is 55.0 Å². The van der Waals surface area contributed by atoms with Gasteiger partial charge in [-0.25, -0.2) is 0 Å². The molecule has 0 unspecified atom stereocenters. The van der Waals surface area contributed by atoms with Crippen molar-refractivity contribution in [2.45, 2.75) is 0 Å². The molecule has 4 nitrogen and oxygen atoms in total. The Morgan fingerprint density at radius 1 is 0.562 bits per heavy atom. The summed E-state index contributed by atoms with van der Waals surface area (Å²) in [5.41, 5.74) is 5.37. The van der Waals surface area contributed by atoms with Crippen LogP contribution >= 0.6 is 0 Å². The largest absolute Gasteiger partial charge is 0.496 e. The smallest absolute Gasteiger partial charge is 0.272 e. The molecule has 154 valence electrons. The Labute approximate surface area is 185 Å². The molecule has 6 rings (SSSR count). The van der Waals surface area contributed by atoms with E-state index in [4.69, 9.17) is 9.57 Å². The van der Waals surface area contributed by atoms with E-state index < -0.39 is 0 Å². The Kier molecular flexibility index (Phi) is 4.18. The summed E-state index contributed by atoms with van der Waals surface area (Å²) in [4.78, 5) is 5.83. The van der Waals surface area contributed by atoms with Crippen molar-refractivity contribution in [1.29, 1.82) is 0 Å². The molecule has 0 atom stereocenters. The summed E-state index contributed by atoms with van der Waals surface area (Å²) in [6, 6.07) is 33.8. The third-order valence-corrected chi connectivity index (χ3v) is 6.14. The van der Waals surface area contributed by atoms with Gasteiger partial charge in [0.15, 0.2) is 0 Å². The molecule has 32 heavy (non-hydrogen) atoms. The van der Waals surface area contributed by atoms with Crippen LogP contribution in [0.25, 0.3) is 49.3 Å². The minimum Gasteiger partial charge on any atom is -0.496 e. The molecule has 0 aliphatic heterocycles. The van der Waals surface area contributed by atoms with Crippen LogP contribution in [-0.4, -0.2) is 14.2 Å². The minimum atomic E-state index is 0.861. The number of hydrogen-bond donors (Lipinski definition) is 0. The standard InChI is InChI=1S/C28H22N2O2/c1-31-28-16-8-14-26-22(28)18-19-9-3-5-11-23(19)29(26)25-13-7-15-27-21(25)17-20-10-4-6-12-24(20)30(27)32-2/h3-18H,1-2H3/q+2. The molecule has 0 aliphatic rings. The van der Waals surface area contributed by atoms with Crippen LogP contribution in [0.2, 0.25) is 0 Å². The maximum atomic E-state index is 5.83. The van der Waals surface area contributed by atoms with E-state index in [0.29, 0.717) is 0 Å². The molecule has 4 heteroatoms. The summed E-state index contributed by atoms with van der Waals surface area (Å²) >= 11 is 0. The number of nitrogens with zero attached hydrogens (tertiary/aromatic N) is 2. The van der Waals surface area contributed by atoms with Gasteiger partial charge in [0.2, 0.25) is 16.7 Å². The van der Waals surface area contributed by atoms with Crippen LogP contribution in [0.1, 0.15) is 0 Å². The lowest BCUT2D eigenvalue weighted by atomic mass is 10.1. The Balaban J connectivity index is 1.84. The number of pyridine rings is 2. The van der Waals surface area contributed by atoms with Gasteiger partial charge in [-0.15, -0.1) is 0 Å². The van der Waals surface area contributed by atoms with Gasteiger partial charge in [-0.2, -0.15) is 4.57 Å². The van der Waals surface area contributed by atoms with Gasteiger partial charge in [-0.3, -0.25) is 4.84 Å². The summed E-state index contributed by atoms with van der Waals surface area (Å²) in [6.07, 6.45) is 0. The van der Waals surface area contributed by atoms with Gasteiger partial charge in [0, 0.05) is 40.4 Å². The Hall–Kier alpha value is -4.18. The monoisotopic (exact) mass is 418 g/mol. The van der Waals surface area contributed by atoms with Crippen molar-refractivity contribution in [2.75, 3.05) is 14.2 Å². The number of fused-ring (bicyclic) bond motifs is 4. The van der Waals surface area contributed by atoms with Crippen molar-refractivity contribution in [2.24, 2.45) is 0 Å². The first-order chi connectivity index (χ1) is 15.8. The molecular formula is C28H22N2O2+2. The van der Waals surface area contributed by atoms with Gasteiger partial charge in [0.25, 0.3) is 11.0 Å². The lowest BCUT2D eigenvalue weighted by Gasteiger charge is -2.10. The first-order valence-corrected chi connectivity index (χ1v) is 10.6. The molecule has 2 heterocycles. The van der Waals surface area contributed by atoms with E-state index in [-0.39, 0.29) is 0 Å². The van der Waals surface area contributed by atoms with Crippen molar-refractivity contribution >= 4 is 43.6 Å². The number of methoxy groups -OCH3 is 1. The van der Waals surface area contributed by atoms with Crippen molar-refractivity contribution in [1.82, 2.24) is 0 Å². The van der Waals surface area contributed by atoms with Gasteiger partial charge >= 0.3 is 0 Å². The first kappa shape index (κ1) is 18.6. The van der Waals surface area contributed by atoms with E-state index in [1.54, 1.807) is 14.2 Å². The zero-order valence-corrected chi connectivity index (χ0v) is 17.9. The molecule has 0 N–H and O–H groups in total. The van der Waals surface area contributed by atoms with Crippen molar-refractivity contribution in [3.63, 3.8) is 0 Å². The highest BCUT2D eigenvalue weighted by atomic mass is 16.6. The van der Waals surface area contributed by atoms with Gasteiger partial charge < -0.3 is 4.74 Å². The molecule has 0 saturated carbocycles. The Morgan fingerprint density at radius 3 is 1.97 bits per heavy atom. The highest BCUT2D eigenvalue weighted by Crippen LogP contribution is 2.29. The summed E-state index contributed by atoms with van der Waals surface area (Å²) in [7, 11) is 3.43. The van der Waals surface area contributed by atoms with E-state index >= 15 is 0 Å².